The van der Waals surface area contributed by atoms with Crippen molar-refractivity contribution in [1.82, 2.24) is 9.80 Å². The molecule has 1 spiro atoms. The van der Waals surface area contributed by atoms with Crippen molar-refractivity contribution in [2.24, 2.45) is 11.3 Å². The first-order chi connectivity index (χ1) is 16.0. The number of nitrogens with zero attached hydrogens (tertiary/aromatic N) is 3. The van der Waals surface area contributed by atoms with Crippen LogP contribution in [0.5, 0.6) is 0 Å². The molecule has 2 atom stereocenters. The number of piperidine rings is 1. The standard InChI is InChI=1S/C25H34F3N3O3/c1-19(15-25(26,27)28)22(33)31-12-11-24(34,23(17-31)9-5-6-10-23)18-30-14-13-29(16-21(30)32)20-7-3-2-4-8-20/h2-4,7-8,19,34H,5-6,9-18H2,1H3/t19-,24?/m1/s1. The van der Waals surface area contributed by atoms with E-state index in [1.807, 2.05) is 35.2 Å². The number of aliphatic hydroxyl groups is 1. The molecule has 0 bridgehead atoms. The van der Waals surface area contributed by atoms with E-state index in [1.54, 1.807) is 4.90 Å². The van der Waals surface area contributed by atoms with Gasteiger partial charge in [-0.25, -0.2) is 0 Å². The van der Waals surface area contributed by atoms with E-state index in [4.69, 9.17) is 0 Å². The third kappa shape index (κ3) is 5.04. The minimum atomic E-state index is -4.39. The minimum Gasteiger partial charge on any atom is -0.387 e. The largest absolute Gasteiger partial charge is 0.389 e. The summed E-state index contributed by atoms with van der Waals surface area (Å²) in [7, 11) is 0. The molecule has 1 saturated carbocycles. The zero-order valence-corrected chi connectivity index (χ0v) is 19.7. The summed E-state index contributed by atoms with van der Waals surface area (Å²) in [5.74, 6) is -1.69. The normalized spacial score (nSPS) is 26.3. The number of benzene rings is 1. The summed E-state index contributed by atoms with van der Waals surface area (Å²) < 4.78 is 38.5. The quantitative estimate of drug-likeness (QED) is 0.700. The van der Waals surface area contributed by atoms with Crippen LogP contribution in [0.1, 0.15) is 45.4 Å². The number of carbonyl (C=O) groups is 2. The molecule has 3 aliphatic rings. The molecule has 3 fully saturated rings. The SMILES string of the molecule is C[C@H](CC(F)(F)F)C(=O)N1CCC(O)(CN2CCN(c3ccccc3)CC2=O)C2(CCCC2)C1. The van der Waals surface area contributed by atoms with Gasteiger partial charge in [-0.15, -0.1) is 0 Å². The van der Waals surface area contributed by atoms with Gasteiger partial charge in [0.1, 0.15) is 0 Å². The Bertz CT molecular complexity index is 888. The highest BCUT2D eigenvalue weighted by Gasteiger charge is 2.56. The second-order valence-electron chi connectivity index (χ2n) is 10.3. The molecule has 1 aliphatic carbocycles. The smallest absolute Gasteiger partial charge is 0.387 e. The Balaban J connectivity index is 1.44. The van der Waals surface area contributed by atoms with Crippen LogP contribution in [0.4, 0.5) is 18.9 Å². The van der Waals surface area contributed by atoms with Gasteiger partial charge in [0, 0.05) is 43.2 Å². The summed E-state index contributed by atoms with van der Waals surface area (Å²) in [5, 5.41) is 11.9. The van der Waals surface area contributed by atoms with Gasteiger partial charge in [-0.05, 0) is 31.4 Å². The highest BCUT2D eigenvalue weighted by Crippen LogP contribution is 2.51. The van der Waals surface area contributed by atoms with Crippen LogP contribution in [-0.4, -0.2) is 77.8 Å². The molecular weight excluding hydrogens is 447 g/mol. The number of hydrogen-bond donors (Lipinski definition) is 1. The summed E-state index contributed by atoms with van der Waals surface area (Å²) in [6.45, 7) is 3.39. The van der Waals surface area contributed by atoms with Crippen LogP contribution in [-0.2, 0) is 9.59 Å². The van der Waals surface area contributed by atoms with Crippen molar-refractivity contribution in [3.05, 3.63) is 30.3 Å². The van der Waals surface area contributed by atoms with Gasteiger partial charge in [0.25, 0.3) is 0 Å². The minimum absolute atomic E-state index is 0.0472. The van der Waals surface area contributed by atoms with Crippen LogP contribution in [0.15, 0.2) is 30.3 Å². The molecule has 188 valence electrons. The Kier molecular flexibility index (Phi) is 6.86. The molecule has 2 heterocycles. The predicted octanol–water partition coefficient (Wildman–Crippen LogP) is 3.45. The Hall–Kier alpha value is -2.29. The first-order valence-electron chi connectivity index (χ1n) is 12.2. The van der Waals surface area contributed by atoms with Gasteiger partial charge in [-0.3, -0.25) is 9.59 Å². The Morgan fingerprint density at radius 2 is 1.76 bits per heavy atom. The lowest BCUT2D eigenvalue weighted by Gasteiger charge is -2.54. The summed E-state index contributed by atoms with van der Waals surface area (Å²) in [6, 6.07) is 9.74. The number of hydrogen-bond acceptors (Lipinski definition) is 4. The molecule has 6 nitrogen and oxygen atoms in total. The molecule has 2 aliphatic heterocycles. The van der Waals surface area contributed by atoms with Crippen LogP contribution < -0.4 is 4.90 Å². The molecule has 0 aromatic heterocycles. The maximum atomic E-state index is 13.0. The van der Waals surface area contributed by atoms with Crippen molar-refractivity contribution >= 4 is 17.5 Å². The van der Waals surface area contributed by atoms with Gasteiger partial charge in [0.15, 0.2) is 0 Å². The highest BCUT2D eigenvalue weighted by molar-refractivity contribution is 5.83. The molecule has 9 heteroatoms. The zero-order valence-electron chi connectivity index (χ0n) is 19.7. The maximum Gasteiger partial charge on any atom is 0.389 e. The van der Waals surface area contributed by atoms with E-state index in [9.17, 15) is 27.9 Å². The molecule has 4 rings (SSSR count). The van der Waals surface area contributed by atoms with Crippen molar-refractivity contribution in [1.29, 1.82) is 0 Å². The van der Waals surface area contributed by atoms with Gasteiger partial charge in [-0.2, -0.15) is 13.2 Å². The van der Waals surface area contributed by atoms with Gasteiger partial charge < -0.3 is 19.8 Å². The zero-order chi connectivity index (χ0) is 24.6. The van der Waals surface area contributed by atoms with Crippen LogP contribution >= 0.6 is 0 Å². The molecule has 1 N–H and O–H groups in total. The number of likely N-dealkylation sites (tertiary alicyclic amines) is 1. The number of halogens is 3. The van der Waals surface area contributed by atoms with Gasteiger partial charge in [0.05, 0.1) is 25.1 Å². The fraction of sp³-hybridized carbons (Fsp3) is 0.680. The van der Waals surface area contributed by atoms with Gasteiger partial charge in [-0.1, -0.05) is 38.0 Å². The van der Waals surface area contributed by atoms with Crippen molar-refractivity contribution in [2.75, 3.05) is 44.2 Å². The van der Waals surface area contributed by atoms with Gasteiger partial charge in [0.2, 0.25) is 11.8 Å². The molecule has 0 radical (unpaired) electrons. The van der Waals surface area contributed by atoms with Crippen molar-refractivity contribution < 1.29 is 27.9 Å². The summed E-state index contributed by atoms with van der Waals surface area (Å²) in [5.41, 5.74) is -0.755. The fourth-order valence-electron chi connectivity index (χ4n) is 6.08. The molecule has 1 aromatic rings. The Labute approximate surface area is 198 Å². The molecule has 2 saturated heterocycles. The number of alkyl halides is 3. The highest BCUT2D eigenvalue weighted by atomic mass is 19.4. The number of rotatable bonds is 5. The number of piperazine rings is 1. The maximum absolute atomic E-state index is 13.0. The van der Waals surface area contributed by atoms with E-state index in [0.717, 1.165) is 18.5 Å². The van der Waals surface area contributed by atoms with Crippen LogP contribution in [0.3, 0.4) is 0 Å². The third-order valence-electron chi connectivity index (χ3n) is 8.00. The van der Waals surface area contributed by atoms with Gasteiger partial charge >= 0.3 is 6.18 Å². The number of carbonyl (C=O) groups excluding carboxylic acids is 2. The van der Waals surface area contributed by atoms with E-state index >= 15 is 0 Å². The fourth-order valence-corrected chi connectivity index (χ4v) is 6.08. The second kappa shape index (κ2) is 9.40. The van der Waals surface area contributed by atoms with Crippen LogP contribution in [0.25, 0.3) is 0 Å². The summed E-state index contributed by atoms with van der Waals surface area (Å²) >= 11 is 0. The van der Waals surface area contributed by atoms with Crippen LogP contribution in [0, 0.1) is 11.3 Å². The van der Waals surface area contributed by atoms with E-state index in [0.29, 0.717) is 25.9 Å². The topological polar surface area (TPSA) is 64.1 Å². The third-order valence-corrected chi connectivity index (χ3v) is 8.00. The van der Waals surface area contributed by atoms with Crippen molar-refractivity contribution in [2.45, 2.75) is 57.2 Å². The molecular formula is C25H34F3N3O3. The van der Waals surface area contributed by atoms with E-state index in [-0.39, 0.29) is 38.5 Å². The molecule has 34 heavy (non-hydrogen) atoms. The lowest BCUT2D eigenvalue weighted by molar-refractivity contribution is -0.175. The summed E-state index contributed by atoms with van der Waals surface area (Å²) in [6.07, 6.45) is -2.04. The number of anilines is 1. The van der Waals surface area contributed by atoms with Crippen molar-refractivity contribution in [3.8, 4) is 0 Å². The predicted molar refractivity (Wildman–Crippen MR) is 122 cm³/mol. The summed E-state index contributed by atoms with van der Waals surface area (Å²) in [4.78, 5) is 31.1. The van der Waals surface area contributed by atoms with E-state index in [1.165, 1.54) is 11.8 Å². The molecule has 2 amide bonds. The van der Waals surface area contributed by atoms with E-state index < -0.39 is 35.4 Å². The molecule has 1 unspecified atom stereocenters. The molecule has 1 aromatic carbocycles. The first kappa shape index (κ1) is 24.8. The van der Waals surface area contributed by atoms with Crippen LogP contribution in [0.2, 0.25) is 0 Å². The lowest BCUT2D eigenvalue weighted by atomic mass is 9.65. The first-order valence-corrected chi connectivity index (χ1v) is 12.2. The monoisotopic (exact) mass is 481 g/mol. The average Bonchev–Trinajstić information content (AvgIpc) is 3.26. The Morgan fingerprint density at radius 3 is 2.38 bits per heavy atom. The number of para-hydroxylation sites is 1. The second-order valence-corrected chi connectivity index (χ2v) is 10.3. The Morgan fingerprint density at radius 1 is 1.09 bits per heavy atom. The number of amides is 2. The van der Waals surface area contributed by atoms with Crippen molar-refractivity contribution in [3.63, 3.8) is 0 Å². The average molecular weight is 482 g/mol. The number of β-amino-alcohol motifs (C(OH)–C–C–N with tert-alkyl or cyclic N) is 1. The lowest BCUT2D eigenvalue weighted by Crippen LogP contribution is -2.66. The van der Waals surface area contributed by atoms with E-state index in [2.05, 4.69) is 0 Å².